The van der Waals surface area contributed by atoms with Gasteiger partial charge in [0, 0.05) is 0 Å². The van der Waals surface area contributed by atoms with E-state index in [4.69, 9.17) is 0 Å². The molecule has 0 bridgehead atoms. The zero-order valence-corrected chi connectivity index (χ0v) is 12.2. The Bertz CT molecular complexity index is 428. The van der Waals surface area contributed by atoms with E-state index in [1.165, 1.54) is 51.4 Å². The van der Waals surface area contributed by atoms with Crippen molar-refractivity contribution >= 4 is 0 Å². The van der Waals surface area contributed by atoms with Gasteiger partial charge in [-0.25, -0.2) is 0 Å². The molecule has 0 unspecified atom stereocenters. The van der Waals surface area contributed by atoms with Crippen LogP contribution in [0.3, 0.4) is 0 Å². The lowest BCUT2D eigenvalue weighted by atomic mass is 9.74. The van der Waals surface area contributed by atoms with Crippen LogP contribution in [-0.2, 0) is 25.7 Å². The first-order valence-corrected chi connectivity index (χ1v) is 7.86. The first-order valence-electron chi connectivity index (χ1n) is 7.86. The van der Waals surface area contributed by atoms with E-state index >= 15 is 0 Å². The first kappa shape index (κ1) is 12.3. The largest absolute Gasteiger partial charge is 0.0587 e. The highest BCUT2D eigenvalue weighted by molar-refractivity contribution is 5.54. The monoisotopic (exact) mass is 242 g/mol. The van der Waals surface area contributed by atoms with E-state index in [9.17, 15) is 0 Å². The summed E-state index contributed by atoms with van der Waals surface area (Å²) < 4.78 is 0. The van der Waals surface area contributed by atoms with Crippen LogP contribution in [0.5, 0.6) is 0 Å². The van der Waals surface area contributed by atoms with Gasteiger partial charge in [-0.2, -0.15) is 0 Å². The Labute approximate surface area is 112 Å². The Morgan fingerprint density at radius 1 is 0.667 bits per heavy atom. The summed E-state index contributed by atoms with van der Waals surface area (Å²) in [7, 11) is 0. The van der Waals surface area contributed by atoms with E-state index in [1.807, 2.05) is 0 Å². The normalized spacial score (nSPS) is 18.7. The molecule has 0 saturated heterocycles. The standard InChI is InChI=1S/C18H26/c1-12(2)18-16-10-6-4-8-14(16)13(3)15-9-5-7-11-17(15)18/h12H,4-11H2,1-3H3. The van der Waals surface area contributed by atoms with Crippen LogP contribution in [0.1, 0.15) is 78.8 Å². The van der Waals surface area contributed by atoms with Crippen molar-refractivity contribution < 1.29 is 0 Å². The SMILES string of the molecule is Cc1c2c(c(C(C)C)c3c1CCCC3)CCCC2. The maximum absolute atomic E-state index is 2.40. The van der Waals surface area contributed by atoms with Gasteiger partial charge in [-0.05, 0) is 97.6 Å². The lowest BCUT2D eigenvalue weighted by Crippen LogP contribution is -2.18. The van der Waals surface area contributed by atoms with Gasteiger partial charge in [0.2, 0.25) is 0 Å². The quantitative estimate of drug-likeness (QED) is 0.658. The van der Waals surface area contributed by atoms with Gasteiger partial charge >= 0.3 is 0 Å². The fourth-order valence-electron chi connectivity index (χ4n) is 4.29. The zero-order chi connectivity index (χ0) is 12.7. The van der Waals surface area contributed by atoms with Crippen molar-refractivity contribution in [2.75, 3.05) is 0 Å². The van der Waals surface area contributed by atoms with E-state index < -0.39 is 0 Å². The molecule has 0 fully saturated rings. The second-order valence-corrected chi connectivity index (χ2v) is 6.52. The molecule has 1 aromatic carbocycles. The second kappa shape index (κ2) is 4.72. The summed E-state index contributed by atoms with van der Waals surface area (Å²) in [6.07, 6.45) is 11.0. The fraction of sp³-hybridized carbons (Fsp3) is 0.667. The number of fused-ring (bicyclic) bond motifs is 2. The summed E-state index contributed by atoms with van der Waals surface area (Å²) in [4.78, 5) is 0. The average Bonchev–Trinajstić information content (AvgIpc) is 2.39. The predicted molar refractivity (Wildman–Crippen MR) is 78.6 cm³/mol. The van der Waals surface area contributed by atoms with Gasteiger partial charge < -0.3 is 0 Å². The van der Waals surface area contributed by atoms with Gasteiger partial charge in [-0.15, -0.1) is 0 Å². The van der Waals surface area contributed by atoms with Crippen molar-refractivity contribution in [3.63, 3.8) is 0 Å². The van der Waals surface area contributed by atoms with Crippen LogP contribution in [0.25, 0.3) is 0 Å². The molecule has 1 aromatic rings. The number of hydrogen-bond acceptors (Lipinski definition) is 0. The fourth-order valence-corrected chi connectivity index (χ4v) is 4.29. The smallest absolute Gasteiger partial charge is 0.0213 e. The van der Waals surface area contributed by atoms with Crippen LogP contribution in [0, 0.1) is 6.92 Å². The number of benzene rings is 1. The molecule has 0 atom stereocenters. The molecular weight excluding hydrogens is 216 g/mol. The lowest BCUT2D eigenvalue weighted by Gasteiger charge is -2.31. The lowest BCUT2D eigenvalue weighted by molar-refractivity contribution is 0.629. The third-order valence-corrected chi connectivity index (χ3v) is 5.07. The minimum absolute atomic E-state index is 0.712. The van der Waals surface area contributed by atoms with Gasteiger partial charge in [-0.1, -0.05) is 13.8 Å². The van der Waals surface area contributed by atoms with Crippen molar-refractivity contribution in [2.24, 2.45) is 0 Å². The molecule has 3 rings (SSSR count). The summed E-state index contributed by atoms with van der Waals surface area (Å²) >= 11 is 0. The Hall–Kier alpha value is -0.780. The molecule has 0 amide bonds. The summed E-state index contributed by atoms with van der Waals surface area (Å²) in [5.74, 6) is 0.712. The van der Waals surface area contributed by atoms with Gasteiger partial charge in [0.15, 0.2) is 0 Å². The molecule has 2 aliphatic carbocycles. The Kier molecular flexibility index (Phi) is 3.21. The van der Waals surface area contributed by atoms with Crippen LogP contribution in [0.2, 0.25) is 0 Å². The third-order valence-electron chi connectivity index (χ3n) is 5.07. The Balaban J connectivity index is 2.27. The third kappa shape index (κ3) is 1.81. The van der Waals surface area contributed by atoms with Gasteiger partial charge in [0.1, 0.15) is 0 Å². The molecule has 0 nitrogen and oxygen atoms in total. The molecular formula is C18H26. The topological polar surface area (TPSA) is 0 Å². The number of rotatable bonds is 1. The van der Waals surface area contributed by atoms with E-state index in [1.54, 1.807) is 33.4 Å². The van der Waals surface area contributed by atoms with E-state index in [-0.39, 0.29) is 0 Å². The van der Waals surface area contributed by atoms with Crippen LogP contribution >= 0.6 is 0 Å². The van der Waals surface area contributed by atoms with Crippen LogP contribution in [0.15, 0.2) is 0 Å². The minimum Gasteiger partial charge on any atom is -0.0587 e. The van der Waals surface area contributed by atoms with Crippen LogP contribution < -0.4 is 0 Å². The van der Waals surface area contributed by atoms with Gasteiger partial charge in [0.05, 0.1) is 0 Å². The molecule has 2 aliphatic rings. The molecule has 18 heavy (non-hydrogen) atoms. The first-order chi connectivity index (χ1) is 8.70. The van der Waals surface area contributed by atoms with Crippen molar-refractivity contribution in [3.8, 4) is 0 Å². The number of hydrogen-bond donors (Lipinski definition) is 0. The molecule has 0 N–H and O–H groups in total. The van der Waals surface area contributed by atoms with Crippen molar-refractivity contribution in [1.29, 1.82) is 0 Å². The van der Waals surface area contributed by atoms with Gasteiger partial charge in [-0.3, -0.25) is 0 Å². The van der Waals surface area contributed by atoms with Crippen LogP contribution in [-0.4, -0.2) is 0 Å². The van der Waals surface area contributed by atoms with Crippen molar-refractivity contribution in [3.05, 3.63) is 33.4 Å². The molecule has 0 saturated carbocycles. The highest BCUT2D eigenvalue weighted by Gasteiger charge is 2.25. The average molecular weight is 242 g/mol. The van der Waals surface area contributed by atoms with E-state index in [0.29, 0.717) is 5.92 Å². The molecule has 98 valence electrons. The zero-order valence-electron chi connectivity index (χ0n) is 12.2. The van der Waals surface area contributed by atoms with Crippen molar-refractivity contribution in [2.45, 2.75) is 78.1 Å². The molecule has 0 aromatic heterocycles. The predicted octanol–water partition coefficient (Wildman–Crippen LogP) is 4.88. The highest BCUT2D eigenvalue weighted by Crippen LogP contribution is 2.39. The second-order valence-electron chi connectivity index (χ2n) is 6.52. The summed E-state index contributed by atoms with van der Waals surface area (Å²) in [6, 6.07) is 0. The highest BCUT2D eigenvalue weighted by atomic mass is 14.3. The minimum atomic E-state index is 0.712. The Morgan fingerprint density at radius 2 is 1.06 bits per heavy atom. The van der Waals surface area contributed by atoms with Crippen molar-refractivity contribution in [1.82, 2.24) is 0 Å². The molecule has 0 radical (unpaired) electrons. The maximum atomic E-state index is 2.40. The molecule has 0 spiro atoms. The van der Waals surface area contributed by atoms with E-state index in [2.05, 4.69) is 20.8 Å². The summed E-state index contributed by atoms with van der Waals surface area (Å²) in [6.45, 7) is 7.20. The maximum Gasteiger partial charge on any atom is -0.0213 e. The molecule has 0 heterocycles. The Morgan fingerprint density at radius 3 is 1.44 bits per heavy atom. The van der Waals surface area contributed by atoms with E-state index in [0.717, 1.165) is 0 Å². The molecule has 0 aliphatic heterocycles. The summed E-state index contributed by atoms with van der Waals surface area (Å²) in [5.41, 5.74) is 10.4. The van der Waals surface area contributed by atoms with Crippen LogP contribution in [0.4, 0.5) is 0 Å². The van der Waals surface area contributed by atoms with Gasteiger partial charge in [0.25, 0.3) is 0 Å². The molecule has 0 heteroatoms. The summed E-state index contributed by atoms with van der Waals surface area (Å²) in [5, 5.41) is 0.